The molecule has 0 unspecified atom stereocenters. The summed E-state index contributed by atoms with van der Waals surface area (Å²) in [6.45, 7) is 9.46. The smallest absolute Gasteiger partial charge is 0.390 e. The maximum Gasteiger partial charge on any atom is 0.437 e. The van der Waals surface area contributed by atoms with E-state index in [1.807, 2.05) is 12.1 Å². The lowest BCUT2D eigenvalue weighted by Gasteiger charge is -2.24. The van der Waals surface area contributed by atoms with E-state index < -0.39 is 13.0 Å². The van der Waals surface area contributed by atoms with Crippen LogP contribution < -0.4 is 5.32 Å². The number of nitro groups is 1. The molecule has 2 aromatic rings. The molecule has 8 nitrogen and oxygen atoms in total. The van der Waals surface area contributed by atoms with Crippen LogP contribution in [0.3, 0.4) is 0 Å². The third-order valence-electron chi connectivity index (χ3n) is 4.69. The van der Waals surface area contributed by atoms with Crippen molar-refractivity contribution < 1.29 is 14.4 Å². The van der Waals surface area contributed by atoms with E-state index in [0.29, 0.717) is 30.5 Å². The van der Waals surface area contributed by atoms with Gasteiger partial charge in [-0.15, -0.1) is 0 Å². The molecule has 1 saturated heterocycles. The number of nitrogens with zero attached hydrogens (tertiary/aromatic N) is 3. The summed E-state index contributed by atoms with van der Waals surface area (Å²) in [6.07, 6.45) is 1.65. The number of hydrogen-bond acceptors (Lipinski definition) is 6. The number of morpholine rings is 1. The predicted molar refractivity (Wildman–Crippen MR) is 115 cm³/mol. The van der Waals surface area contributed by atoms with Gasteiger partial charge in [0.25, 0.3) is 0 Å². The van der Waals surface area contributed by atoms with E-state index in [9.17, 15) is 10.1 Å². The van der Waals surface area contributed by atoms with Gasteiger partial charge in [-0.3, -0.25) is 0 Å². The Kier molecular flexibility index (Phi) is 7.07. The van der Waals surface area contributed by atoms with Gasteiger partial charge in [-0.05, 0) is 34.7 Å². The minimum absolute atomic E-state index is 0.0307. The molecule has 0 saturated carbocycles. The van der Waals surface area contributed by atoms with Crippen molar-refractivity contribution in [1.82, 2.24) is 14.9 Å². The van der Waals surface area contributed by atoms with Gasteiger partial charge in [0.15, 0.2) is 12.4 Å². The Morgan fingerprint density at radius 3 is 2.86 bits per heavy atom. The van der Waals surface area contributed by atoms with Gasteiger partial charge in [0.2, 0.25) is 0 Å². The Morgan fingerprint density at radius 2 is 2.21 bits per heavy atom. The van der Waals surface area contributed by atoms with Crippen molar-refractivity contribution in [3.8, 4) is 11.3 Å². The average Bonchev–Trinajstić information content (AvgIpc) is 3.09. The maximum atomic E-state index is 11.5. The molecule has 1 atom stereocenters. The van der Waals surface area contributed by atoms with Crippen LogP contribution in [-0.2, 0) is 16.2 Å². The number of imidazole rings is 1. The molecule has 0 amide bonds. The summed E-state index contributed by atoms with van der Waals surface area (Å²) in [5.74, 6) is -0.242. The van der Waals surface area contributed by atoms with E-state index >= 15 is 0 Å². The number of rotatable bonds is 8. The number of hydrogen-bond donors (Lipinski definition) is 1. The zero-order valence-electron chi connectivity index (χ0n) is 17.0. The summed E-state index contributed by atoms with van der Waals surface area (Å²) in [6, 6.07) is 6.61. The molecular formula is C19H27ClN4O4Si. The highest BCUT2D eigenvalue weighted by atomic mass is 35.5. The van der Waals surface area contributed by atoms with Crippen LogP contribution in [0.5, 0.6) is 0 Å². The highest BCUT2D eigenvalue weighted by molar-refractivity contribution is 6.76. The first kappa shape index (κ1) is 21.9. The van der Waals surface area contributed by atoms with Crippen LogP contribution in [0.4, 0.5) is 5.95 Å². The van der Waals surface area contributed by atoms with Gasteiger partial charge in [0.1, 0.15) is 6.20 Å². The van der Waals surface area contributed by atoms with Crippen LogP contribution in [-0.4, -0.2) is 48.9 Å². The van der Waals surface area contributed by atoms with Gasteiger partial charge < -0.3 is 24.9 Å². The zero-order valence-corrected chi connectivity index (χ0v) is 18.7. The standard InChI is InChI=1S/C19H27ClN4O4Si/c1-29(2,3)7-6-28-13-23-11-17(22-19(23)24(25)26)14-8-15(10-16(20)9-14)18-12-27-5-4-21-18/h8-11,18,21H,4-7,12-13H2,1-3H3/t18-/m0/s1. The van der Waals surface area contributed by atoms with E-state index in [-0.39, 0.29) is 18.7 Å². The molecule has 3 rings (SSSR count). The van der Waals surface area contributed by atoms with Crippen molar-refractivity contribution in [2.45, 2.75) is 38.5 Å². The molecule has 2 heterocycles. The molecule has 1 fully saturated rings. The molecule has 1 N–H and O–H groups in total. The van der Waals surface area contributed by atoms with Crippen molar-refractivity contribution >= 4 is 25.6 Å². The lowest BCUT2D eigenvalue weighted by Crippen LogP contribution is -2.34. The number of nitrogens with one attached hydrogen (secondary N) is 1. The molecule has 0 bridgehead atoms. The van der Waals surface area contributed by atoms with Gasteiger partial charge in [0.05, 0.1) is 19.3 Å². The third kappa shape index (κ3) is 6.10. The molecule has 1 aliphatic heterocycles. The Labute approximate surface area is 176 Å². The van der Waals surface area contributed by atoms with Crippen LogP contribution in [0.15, 0.2) is 24.4 Å². The fourth-order valence-electron chi connectivity index (χ4n) is 3.07. The van der Waals surface area contributed by atoms with Crippen LogP contribution in [0.2, 0.25) is 30.7 Å². The second kappa shape index (κ2) is 9.35. The van der Waals surface area contributed by atoms with Gasteiger partial charge >= 0.3 is 5.95 Å². The summed E-state index contributed by atoms with van der Waals surface area (Å²) in [7, 11) is -1.22. The lowest BCUT2D eigenvalue weighted by molar-refractivity contribution is -0.397. The summed E-state index contributed by atoms with van der Waals surface area (Å²) in [4.78, 5) is 15.2. The monoisotopic (exact) mass is 438 g/mol. The summed E-state index contributed by atoms with van der Waals surface area (Å²) < 4.78 is 12.6. The van der Waals surface area contributed by atoms with Gasteiger partial charge in [-0.25, -0.2) is 4.57 Å². The molecule has 10 heteroatoms. The Hall–Kier alpha value is -1.78. The van der Waals surface area contributed by atoms with Crippen LogP contribution in [0.1, 0.15) is 11.6 Å². The molecule has 29 heavy (non-hydrogen) atoms. The molecule has 0 radical (unpaired) electrons. The highest BCUT2D eigenvalue weighted by Crippen LogP contribution is 2.29. The SMILES string of the molecule is C[Si](C)(C)CCOCn1cc(-c2cc(Cl)cc([C@@H]3COCCN3)c2)nc1[N+](=O)[O-]. The van der Waals surface area contributed by atoms with Crippen molar-refractivity contribution in [2.24, 2.45) is 0 Å². The largest absolute Gasteiger partial charge is 0.437 e. The van der Waals surface area contributed by atoms with E-state index in [2.05, 4.69) is 29.9 Å². The quantitative estimate of drug-likeness (QED) is 0.289. The zero-order chi connectivity index (χ0) is 21.0. The first-order valence-electron chi connectivity index (χ1n) is 9.64. The number of aromatic nitrogens is 2. The first-order valence-corrected chi connectivity index (χ1v) is 13.7. The number of ether oxygens (including phenoxy) is 2. The van der Waals surface area contributed by atoms with Crippen LogP contribution in [0, 0.1) is 10.1 Å². The van der Waals surface area contributed by atoms with Gasteiger partial charge in [-0.1, -0.05) is 36.2 Å². The summed E-state index contributed by atoms with van der Waals surface area (Å²) >= 11 is 6.32. The van der Waals surface area contributed by atoms with E-state index in [1.54, 1.807) is 12.3 Å². The minimum atomic E-state index is -1.22. The van der Waals surface area contributed by atoms with Crippen molar-refractivity contribution in [2.75, 3.05) is 26.4 Å². The van der Waals surface area contributed by atoms with Crippen molar-refractivity contribution in [3.05, 3.63) is 45.1 Å². The predicted octanol–water partition coefficient (Wildman–Crippen LogP) is 4.08. The Morgan fingerprint density at radius 1 is 1.41 bits per heavy atom. The fraction of sp³-hybridized carbons (Fsp3) is 0.526. The fourth-order valence-corrected chi connectivity index (χ4v) is 4.07. The van der Waals surface area contributed by atoms with Crippen LogP contribution in [0.25, 0.3) is 11.3 Å². The molecule has 0 aliphatic carbocycles. The van der Waals surface area contributed by atoms with Crippen molar-refractivity contribution in [1.29, 1.82) is 0 Å². The van der Waals surface area contributed by atoms with Crippen molar-refractivity contribution in [3.63, 3.8) is 0 Å². The molecular weight excluding hydrogens is 412 g/mol. The third-order valence-corrected chi connectivity index (χ3v) is 6.61. The lowest BCUT2D eigenvalue weighted by atomic mass is 10.0. The van der Waals surface area contributed by atoms with Gasteiger partial charge in [0, 0.05) is 31.8 Å². The molecule has 1 aliphatic rings. The number of benzene rings is 1. The second-order valence-corrected chi connectivity index (χ2v) is 14.4. The molecule has 158 valence electrons. The van der Waals surface area contributed by atoms with Gasteiger partial charge in [-0.2, -0.15) is 0 Å². The first-order chi connectivity index (χ1) is 13.7. The normalized spacial score (nSPS) is 17.4. The van der Waals surface area contributed by atoms with E-state index in [4.69, 9.17) is 21.1 Å². The highest BCUT2D eigenvalue weighted by Gasteiger charge is 2.23. The van der Waals surface area contributed by atoms with E-state index in [1.165, 1.54) is 4.57 Å². The Balaban J connectivity index is 1.81. The second-order valence-electron chi connectivity index (χ2n) is 8.36. The van der Waals surface area contributed by atoms with E-state index in [0.717, 1.165) is 23.7 Å². The molecule has 1 aromatic heterocycles. The molecule has 1 aromatic carbocycles. The Bertz CT molecular complexity index is 862. The summed E-state index contributed by atoms with van der Waals surface area (Å²) in [5.41, 5.74) is 2.19. The maximum absolute atomic E-state index is 11.5. The average molecular weight is 439 g/mol. The molecule has 0 spiro atoms. The van der Waals surface area contributed by atoms with Crippen LogP contribution >= 0.6 is 11.6 Å². The number of halogens is 1. The minimum Gasteiger partial charge on any atom is -0.390 e. The topological polar surface area (TPSA) is 91.5 Å². The summed E-state index contributed by atoms with van der Waals surface area (Å²) in [5, 5.41) is 15.4.